The highest BCUT2D eigenvalue weighted by Gasteiger charge is 2.26. The quantitative estimate of drug-likeness (QED) is 0.614. The molecule has 25 heavy (non-hydrogen) atoms. The van der Waals surface area contributed by atoms with Gasteiger partial charge < -0.3 is 20.5 Å². The Labute approximate surface area is 149 Å². The zero-order valence-electron chi connectivity index (χ0n) is 14.7. The minimum absolute atomic E-state index is 0.0678. The van der Waals surface area contributed by atoms with Gasteiger partial charge in [-0.05, 0) is 18.1 Å². The van der Waals surface area contributed by atoms with Crippen LogP contribution in [0.15, 0.2) is 60.7 Å². The first-order valence-corrected chi connectivity index (χ1v) is 8.56. The Morgan fingerprint density at radius 3 is 2.04 bits per heavy atom. The molecule has 0 radical (unpaired) electrons. The first-order chi connectivity index (χ1) is 12.1. The Kier molecular flexibility index (Phi) is 8.01. The van der Waals surface area contributed by atoms with Crippen molar-refractivity contribution in [3.63, 3.8) is 0 Å². The van der Waals surface area contributed by atoms with E-state index >= 15 is 0 Å². The Morgan fingerprint density at radius 1 is 0.960 bits per heavy atom. The van der Waals surface area contributed by atoms with Crippen LogP contribution in [0.25, 0.3) is 0 Å². The maximum atomic E-state index is 14.6. The molecule has 0 aliphatic carbocycles. The molecule has 0 aliphatic heterocycles. The summed E-state index contributed by atoms with van der Waals surface area (Å²) in [5.74, 6) is -1.78. The maximum Gasteiger partial charge on any atom is 0.219 e. The lowest BCUT2D eigenvalue weighted by Gasteiger charge is -2.26. The summed E-state index contributed by atoms with van der Waals surface area (Å²) in [4.78, 5) is 0. The van der Waals surface area contributed by atoms with Gasteiger partial charge in [0.1, 0.15) is 0 Å². The van der Waals surface area contributed by atoms with E-state index in [4.69, 9.17) is 15.2 Å². The van der Waals surface area contributed by atoms with Crippen LogP contribution >= 0.6 is 0 Å². The highest BCUT2D eigenvalue weighted by molar-refractivity contribution is 5.31. The van der Waals surface area contributed by atoms with Gasteiger partial charge in [0.05, 0.1) is 32.4 Å². The second-order valence-corrected chi connectivity index (χ2v) is 5.99. The molecule has 4 nitrogen and oxygen atoms in total. The van der Waals surface area contributed by atoms with E-state index in [-0.39, 0.29) is 19.2 Å². The van der Waals surface area contributed by atoms with Gasteiger partial charge in [-0.25, -0.2) is 4.39 Å². The number of rotatable bonds is 11. The fourth-order valence-corrected chi connectivity index (χ4v) is 2.55. The van der Waals surface area contributed by atoms with Crippen molar-refractivity contribution in [2.75, 3.05) is 32.9 Å². The van der Waals surface area contributed by atoms with Crippen LogP contribution in [0.1, 0.15) is 24.1 Å². The molecule has 3 N–H and O–H groups in total. The third-order valence-electron chi connectivity index (χ3n) is 3.78. The highest BCUT2D eigenvalue weighted by atomic mass is 19.2. The van der Waals surface area contributed by atoms with Gasteiger partial charge in [-0.3, -0.25) is 0 Å². The fourth-order valence-electron chi connectivity index (χ4n) is 2.55. The molecule has 2 aromatic rings. The standard InChI is InChI=1S/C20H27FN2O2/c1-20(21,25-15-14-24-13-12-22)16-23-19(17-8-4-2-5-9-17)18-10-6-3-7-11-18/h2-11,19,23H,12-16,22H2,1H3. The number of nitrogens with one attached hydrogen (secondary N) is 1. The van der Waals surface area contributed by atoms with E-state index in [0.717, 1.165) is 11.1 Å². The van der Waals surface area contributed by atoms with Crippen molar-refractivity contribution in [2.24, 2.45) is 5.73 Å². The molecule has 5 heteroatoms. The first kappa shape index (κ1) is 19.5. The summed E-state index contributed by atoms with van der Waals surface area (Å²) in [6.07, 6.45) is 0. The Hall–Kier alpha value is -1.79. The van der Waals surface area contributed by atoms with Crippen LogP contribution < -0.4 is 11.1 Å². The molecule has 0 amide bonds. The van der Waals surface area contributed by atoms with Crippen molar-refractivity contribution >= 4 is 0 Å². The number of nitrogens with two attached hydrogens (primary N) is 1. The van der Waals surface area contributed by atoms with Gasteiger partial charge in [0.15, 0.2) is 0 Å². The van der Waals surface area contributed by atoms with Crippen LogP contribution in [0.3, 0.4) is 0 Å². The van der Waals surface area contributed by atoms with Crippen molar-refractivity contribution in [3.05, 3.63) is 71.8 Å². The first-order valence-electron chi connectivity index (χ1n) is 8.56. The average molecular weight is 346 g/mol. The molecule has 0 fully saturated rings. The van der Waals surface area contributed by atoms with Crippen molar-refractivity contribution in [1.82, 2.24) is 5.32 Å². The predicted octanol–water partition coefficient (Wildman–Crippen LogP) is 3.04. The Bertz CT molecular complexity index is 554. The summed E-state index contributed by atoms with van der Waals surface area (Å²) in [5.41, 5.74) is 7.50. The normalized spacial score (nSPS) is 13.8. The highest BCUT2D eigenvalue weighted by Crippen LogP contribution is 2.23. The van der Waals surface area contributed by atoms with E-state index in [2.05, 4.69) is 5.32 Å². The number of ether oxygens (including phenoxy) is 2. The lowest BCUT2D eigenvalue weighted by atomic mass is 9.98. The van der Waals surface area contributed by atoms with Gasteiger partial charge in [-0.1, -0.05) is 60.7 Å². The van der Waals surface area contributed by atoms with Crippen molar-refractivity contribution in [1.29, 1.82) is 0 Å². The van der Waals surface area contributed by atoms with Gasteiger partial charge >= 0.3 is 0 Å². The van der Waals surface area contributed by atoms with Crippen molar-refractivity contribution < 1.29 is 13.9 Å². The summed E-state index contributed by atoms with van der Waals surface area (Å²) in [6, 6.07) is 19.9. The van der Waals surface area contributed by atoms with E-state index in [9.17, 15) is 4.39 Å². The van der Waals surface area contributed by atoms with Crippen LogP contribution in [-0.2, 0) is 9.47 Å². The number of hydrogen-bond donors (Lipinski definition) is 2. The van der Waals surface area contributed by atoms with E-state index in [1.165, 1.54) is 6.92 Å². The van der Waals surface area contributed by atoms with E-state index in [1.54, 1.807) is 0 Å². The zero-order chi connectivity index (χ0) is 18.0. The molecule has 136 valence electrons. The van der Waals surface area contributed by atoms with Crippen LogP contribution in [-0.4, -0.2) is 38.8 Å². The molecule has 0 aliphatic rings. The second kappa shape index (κ2) is 10.3. The van der Waals surface area contributed by atoms with E-state index < -0.39 is 5.85 Å². The summed E-state index contributed by atoms with van der Waals surface area (Å²) in [5, 5.41) is 3.28. The zero-order valence-corrected chi connectivity index (χ0v) is 14.7. The number of hydrogen-bond acceptors (Lipinski definition) is 4. The molecular weight excluding hydrogens is 319 g/mol. The molecule has 1 unspecified atom stereocenters. The second-order valence-electron chi connectivity index (χ2n) is 5.99. The van der Waals surface area contributed by atoms with Gasteiger partial charge in [0, 0.05) is 6.54 Å². The largest absolute Gasteiger partial charge is 0.378 e. The molecule has 0 saturated carbocycles. The smallest absolute Gasteiger partial charge is 0.219 e. The van der Waals surface area contributed by atoms with Crippen LogP contribution in [0.4, 0.5) is 4.39 Å². The van der Waals surface area contributed by atoms with Crippen LogP contribution in [0, 0.1) is 0 Å². The number of halogens is 1. The van der Waals surface area contributed by atoms with E-state index in [1.807, 2.05) is 60.7 Å². The van der Waals surface area contributed by atoms with Gasteiger partial charge in [-0.2, -0.15) is 0 Å². The lowest BCUT2D eigenvalue weighted by molar-refractivity contribution is -0.139. The van der Waals surface area contributed by atoms with Crippen LogP contribution in [0.5, 0.6) is 0 Å². The third kappa shape index (κ3) is 6.92. The molecule has 0 aromatic heterocycles. The maximum absolute atomic E-state index is 14.6. The Balaban J connectivity index is 1.95. The molecule has 0 spiro atoms. The van der Waals surface area contributed by atoms with Gasteiger partial charge in [0.25, 0.3) is 0 Å². The Morgan fingerprint density at radius 2 is 1.52 bits per heavy atom. The summed E-state index contributed by atoms with van der Waals surface area (Å²) >= 11 is 0. The third-order valence-corrected chi connectivity index (χ3v) is 3.78. The van der Waals surface area contributed by atoms with Gasteiger partial charge in [0.2, 0.25) is 5.85 Å². The summed E-state index contributed by atoms with van der Waals surface area (Å²) < 4.78 is 25.1. The molecule has 0 bridgehead atoms. The van der Waals surface area contributed by atoms with Crippen molar-refractivity contribution in [3.8, 4) is 0 Å². The van der Waals surface area contributed by atoms with E-state index in [0.29, 0.717) is 19.8 Å². The predicted molar refractivity (Wildman–Crippen MR) is 98.1 cm³/mol. The molecular formula is C20H27FN2O2. The molecule has 2 aromatic carbocycles. The number of benzene rings is 2. The molecule has 0 heterocycles. The molecule has 2 rings (SSSR count). The SMILES string of the molecule is CC(F)(CNC(c1ccccc1)c1ccccc1)OCCOCCN. The molecule has 1 atom stereocenters. The minimum Gasteiger partial charge on any atom is -0.378 e. The molecule has 0 saturated heterocycles. The number of alkyl halides is 1. The summed E-state index contributed by atoms with van der Waals surface area (Å²) in [7, 11) is 0. The fraction of sp³-hybridized carbons (Fsp3) is 0.400. The summed E-state index contributed by atoms with van der Waals surface area (Å²) in [6.45, 7) is 2.92. The topological polar surface area (TPSA) is 56.5 Å². The monoisotopic (exact) mass is 346 g/mol. The average Bonchev–Trinajstić information content (AvgIpc) is 2.63. The van der Waals surface area contributed by atoms with Crippen molar-refractivity contribution in [2.45, 2.75) is 18.8 Å². The van der Waals surface area contributed by atoms with Crippen LogP contribution in [0.2, 0.25) is 0 Å². The lowest BCUT2D eigenvalue weighted by Crippen LogP contribution is -2.39. The minimum atomic E-state index is -1.78. The van der Waals surface area contributed by atoms with Gasteiger partial charge in [-0.15, -0.1) is 0 Å².